The molecule has 10 aromatic rings. The van der Waals surface area contributed by atoms with Gasteiger partial charge in [-0.15, -0.1) is 0 Å². The molecule has 0 bridgehead atoms. The van der Waals surface area contributed by atoms with Gasteiger partial charge in [-0.25, -0.2) is 0 Å². The Morgan fingerprint density at radius 3 is 1.81 bits per heavy atom. The van der Waals surface area contributed by atoms with E-state index in [0.29, 0.717) is 0 Å². The normalized spacial score (nSPS) is 15.4. The van der Waals surface area contributed by atoms with Crippen LogP contribution in [0, 0.1) is 0 Å². The monoisotopic (exact) mass is 822 g/mol. The minimum Gasteiger partial charge on any atom is -0.312 e. The van der Waals surface area contributed by atoms with Gasteiger partial charge in [-0.05, 0) is 134 Å². The van der Waals surface area contributed by atoms with E-state index in [4.69, 9.17) is 5.73 Å². The lowest BCUT2D eigenvalue weighted by Gasteiger charge is -2.27. The number of rotatable bonds is 7. The van der Waals surface area contributed by atoms with Crippen molar-refractivity contribution in [1.29, 1.82) is 0 Å². The standard InChI is InChI=1S/C62H50N2/c1-61(2)52-31-17-30-43(56(52)51-35-40-21-8-9-22-41(40)36-53(51)61)42-23-16-18-38(34-42)32-33-55(64-60(63)39-19-6-5-7-20-39)50-37-54-57(47-27-13-11-26-46(47)50)58-48-28-14-10-24-44(48)45-25-12-15-29-49(45)59(58)62(54,3)4/h5-37,55,60,64H,63H2,1-4H3/b33-32+. The van der Waals surface area contributed by atoms with Gasteiger partial charge in [0.05, 0.1) is 12.2 Å². The van der Waals surface area contributed by atoms with Crippen molar-refractivity contribution in [1.82, 2.24) is 5.32 Å². The second-order valence-electron chi connectivity index (χ2n) is 19.0. The van der Waals surface area contributed by atoms with E-state index < -0.39 is 6.17 Å². The molecule has 64 heavy (non-hydrogen) atoms. The van der Waals surface area contributed by atoms with Gasteiger partial charge in [0.1, 0.15) is 0 Å². The van der Waals surface area contributed by atoms with E-state index in [9.17, 15) is 0 Å². The van der Waals surface area contributed by atoms with Gasteiger partial charge in [0.15, 0.2) is 0 Å². The summed E-state index contributed by atoms with van der Waals surface area (Å²) in [6, 6.07) is 69.1. The van der Waals surface area contributed by atoms with Crippen LogP contribution in [-0.2, 0) is 10.8 Å². The van der Waals surface area contributed by atoms with Crippen molar-refractivity contribution in [2.24, 2.45) is 5.73 Å². The SMILES string of the molecule is CC1(C)c2cc3ccccc3cc2-c2c(-c3cccc(/C=C/C(NC(N)c4ccccc4)c4cc5c(c6ccccc46)-c4c(c6ccccc6c6ccccc46)C5(C)C)c3)cccc21. The molecule has 2 aliphatic carbocycles. The molecule has 2 atom stereocenters. The molecule has 2 aliphatic rings. The molecule has 0 spiro atoms. The fourth-order valence-corrected chi connectivity index (χ4v) is 11.5. The molecule has 2 heteroatoms. The predicted molar refractivity (Wildman–Crippen MR) is 272 cm³/mol. The van der Waals surface area contributed by atoms with Gasteiger partial charge < -0.3 is 5.73 Å². The molecule has 308 valence electrons. The molecule has 0 aromatic heterocycles. The first-order valence-corrected chi connectivity index (χ1v) is 22.7. The second kappa shape index (κ2) is 14.5. The number of nitrogens with one attached hydrogen (secondary N) is 1. The van der Waals surface area contributed by atoms with Gasteiger partial charge in [-0.2, -0.15) is 0 Å². The molecule has 2 unspecified atom stereocenters. The van der Waals surface area contributed by atoms with E-state index >= 15 is 0 Å². The summed E-state index contributed by atoms with van der Waals surface area (Å²) in [7, 11) is 0. The summed E-state index contributed by atoms with van der Waals surface area (Å²) in [6.45, 7) is 9.57. The minimum absolute atomic E-state index is 0.104. The van der Waals surface area contributed by atoms with Gasteiger partial charge in [0.25, 0.3) is 0 Å². The lowest BCUT2D eigenvalue weighted by Crippen LogP contribution is -2.31. The van der Waals surface area contributed by atoms with Crippen LogP contribution in [0.2, 0.25) is 0 Å². The lowest BCUT2D eigenvalue weighted by atomic mass is 9.78. The second-order valence-corrected chi connectivity index (χ2v) is 19.0. The average molecular weight is 823 g/mol. The quantitative estimate of drug-likeness (QED) is 0.124. The Hall–Kier alpha value is -7.10. The first kappa shape index (κ1) is 38.6. The summed E-state index contributed by atoms with van der Waals surface area (Å²) in [5.74, 6) is 0. The topological polar surface area (TPSA) is 38.0 Å². The molecule has 12 rings (SSSR count). The maximum Gasteiger partial charge on any atom is 0.0817 e. The third kappa shape index (κ3) is 5.80. The van der Waals surface area contributed by atoms with E-state index in [1.54, 1.807) is 0 Å². The Labute approximate surface area is 375 Å². The highest BCUT2D eigenvalue weighted by Gasteiger charge is 2.41. The summed E-state index contributed by atoms with van der Waals surface area (Å²) in [5, 5.41) is 14.2. The molecule has 0 amide bonds. The van der Waals surface area contributed by atoms with Crippen molar-refractivity contribution in [2.75, 3.05) is 0 Å². The van der Waals surface area contributed by atoms with Crippen molar-refractivity contribution in [3.8, 4) is 33.4 Å². The number of nitrogens with two attached hydrogens (primary N) is 1. The summed E-state index contributed by atoms with van der Waals surface area (Å²) >= 11 is 0. The third-order valence-electron chi connectivity index (χ3n) is 14.7. The summed E-state index contributed by atoms with van der Waals surface area (Å²) < 4.78 is 0. The van der Waals surface area contributed by atoms with E-state index in [2.05, 4.69) is 227 Å². The Balaban J connectivity index is 1.01. The molecule has 0 aliphatic heterocycles. The zero-order valence-corrected chi connectivity index (χ0v) is 36.8. The average Bonchev–Trinajstić information content (AvgIpc) is 3.71. The first-order valence-electron chi connectivity index (χ1n) is 22.7. The molecule has 0 saturated heterocycles. The van der Waals surface area contributed by atoms with E-state index in [0.717, 1.165) is 11.1 Å². The number of hydrogen-bond acceptors (Lipinski definition) is 2. The maximum absolute atomic E-state index is 7.11. The van der Waals surface area contributed by atoms with E-state index in [1.807, 2.05) is 6.07 Å². The Kier molecular flexibility index (Phi) is 8.72. The minimum atomic E-state index is -0.390. The lowest BCUT2D eigenvalue weighted by molar-refractivity contribution is 0.510. The van der Waals surface area contributed by atoms with Crippen molar-refractivity contribution < 1.29 is 0 Å². The highest BCUT2D eigenvalue weighted by Crippen LogP contribution is 2.58. The van der Waals surface area contributed by atoms with Gasteiger partial charge in [0.2, 0.25) is 0 Å². The Bertz CT molecular complexity index is 3550. The third-order valence-corrected chi connectivity index (χ3v) is 14.7. The van der Waals surface area contributed by atoms with Gasteiger partial charge >= 0.3 is 0 Å². The Morgan fingerprint density at radius 2 is 1.06 bits per heavy atom. The predicted octanol–water partition coefficient (Wildman–Crippen LogP) is 15.6. The molecule has 0 heterocycles. The molecule has 0 radical (unpaired) electrons. The number of fused-ring (bicyclic) bond motifs is 14. The van der Waals surface area contributed by atoms with Crippen LogP contribution in [0.15, 0.2) is 194 Å². The van der Waals surface area contributed by atoms with Crippen LogP contribution in [0.1, 0.15) is 78.8 Å². The Morgan fingerprint density at radius 1 is 0.453 bits per heavy atom. The number of hydrogen-bond donors (Lipinski definition) is 2. The van der Waals surface area contributed by atoms with Gasteiger partial charge in [-0.1, -0.05) is 210 Å². The van der Waals surface area contributed by atoms with Crippen LogP contribution in [0.25, 0.3) is 82.5 Å². The maximum atomic E-state index is 7.11. The zero-order chi connectivity index (χ0) is 43.3. The summed E-state index contributed by atoms with van der Waals surface area (Å²) in [4.78, 5) is 0. The molecule has 10 aromatic carbocycles. The van der Waals surface area contributed by atoms with E-state index in [-0.39, 0.29) is 16.9 Å². The van der Waals surface area contributed by atoms with Gasteiger partial charge in [0, 0.05) is 10.8 Å². The van der Waals surface area contributed by atoms with Crippen molar-refractivity contribution >= 4 is 49.2 Å². The molecule has 2 nitrogen and oxygen atoms in total. The largest absolute Gasteiger partial charge is 0.312 e. The first-order chi connectivity index (χ1) is 31.2. The van der Waals surface area contributed by atoms with Crippen LogP contribution in [0.3, 0.4) is 0 Å². The van der Waals surface area contributed by atoms with Crippen molar-refractivity contribution in [2.45, 2.75) is 50.7 Å². The van der Waals surface area contributed by atoms with Crippen LogP contribution < -0.4 is 11.1 Å². The molecule has 0 fully saturated rings. The summed E-state index contributed by atoms with van der Waals surface area (Å²) in [5.41, 5.74) is 23.5. The highest BCUT2D eigenvalue weighted by atomic mass is 15.0. The molecular formula is C62H50N2. The molecule has 3 N–H and O–H groups in total. The van der Waals surface area contributed by atoms with Gasteiger partial charge in [-0.3, -0.25) is 5.32 Å². The molecular weight excluding hydrogens is 773 g/mol. The molecule has 0 saturated carbocycles. The smallest absolute Gasteiger partial charge is 0.0817 e. The number of benzene rings is 10. The summed E-state index contributed by atoms with van der Waals surface area (Å²) in [6.07, 6.45) is 4.23. The van der Waals surface area contributed by atoms with Crippen molar-refractivity contribution in [3.05, 3.63) is 233 Å². The van der Waals surface area contributed by atoms with Crippen LogP contribution in [0.4, 0.5) is 0 Å². The highest BCUT2D eigenvalue weighted by molar-refractivity contribution is 6.21. The van der Waals surface area contributed by atoms with Crippen LogP contribution in [0.5, 0.6) is 0 Å². The van der Waals surface area contributed by atoms with Crippen LogP contribution in [-0.4, -0.2) is 0 Å². The fraction of sp³-hybridized carbons (Fsp3) is 0.129. The fourth-order valence-electron chi connectivity index (χ4n) is 11.5. The van der Waals surface area contributed by atoms with Crippen molar-refractivity contribution in [3.63, 3.8) is 0 Å². The zero-order valence-electron chi connectivity index (χ0n) is 36.8. The van der Waals surface area contributed by atoms with E-state index in [1.165, 1.54) is 104 Å². The van der Waals surface area contributed by atoms with Crippen LogP contribution >= 0.6 is 0 Å².